The van der Waals surface area contributed by atoms with E-state index < -0.39 is 0 Å². The number of carbonyl (C=O) groups excluding carboxylic acids is 1. The van der Waals surface area contributed by atoms with Crippen LogP contribution in [0.4, 0.5) is 0 Å². The normalized spacial score (nSPS) is 3.00. The fraction of sp³-hybridized carbons (Fsp3) is 0. The molecule has 0 heterocycles. The molecule has 4 heavy (non-hydrogen) atoms. The quantitative estimate of drug-likeness (QED) is 0.276. The summed E-state index contributed by atoms with van der Waals surface area (Å²) < 4.78 is 0. The van der Waals surface area contributed by atoms with Gasteiger partial charge in [-0.05, 0) is 0 Å². The van der Waals surface area contributed by atoms with Crippen LogP contribution >= 0.6 is 0 Å². The molecule has 0 fully saturated rings. The SMILES string of the molecule is BC=O.[Ni]. The van der Waals surface area contributed by atoms with Gasteiger partial charge in [0.2, 0.25) is 0 Å². The summed E-state index contributed by atoms with van der Waals surface area (Å²) in [5.74, 6) is 0. The summed E-state index contributed by atoms with van der Waals surface area (Å²) in [6.07, 6.45) is 0.750. The predicted octanol–water partition coefficient (Wildman–Crippen LogP) is -1.19. The van der Waals surface area contributed by atoms with Crippen LogP contribution in [0.5, 0.6) is 0 Å². The second-order valence-electron chi connectivity index (χ2n) is 0.236. The molecule has 0 aliphatic rings. The van der Waals surface area contributed by atoms with Crippen LogP contribution in [0.2, 0.25) is 0 Å². The number of carbonyl (C=O) groups is 1. The molecule has 0 aromatic rings. The third kappa shape index (κ3) is 64.4. The minimum absolute atomic E-state index is 0. The van der Waals surface area contributed by atoms with Gasteiger partial charge in [0, 0.05) is 16.5 Å². The first-order valence-corrected chi connectivity index (χ1v) is 0.813. The third-order valence-electron chi connectivity index (χ3n) is 0. The summed E-state index contributed by atoms with van der Waals surface area (Å²) in [5.41, 5.74) is 0. The van der Waals surface area contributed by atoms with Gasteiger partial charge in [-0.1, -0.05) is 0 Å². The Balaban J connectivity index is 0. The maximum atomic E-state index is 8.81. The van der Waals surface area contributed by atoms with Crippen molar-refractivity contribution in [2.75, 3.05) is 0 Å². The van der Waals surface area contributed by atoms with Crippen molar-refractivity contribution >= 4 is 14.0 Å². The number of rotatable bonds is 0. The summed E-state index contributed by atoms with van der Waals surface area (Å²) in [6.45, 7) is 0. The van der Waals surface area contributed by atoms with Crippen LogP contribution in [0.15, 0.2) is 0 Å². The van der Waals surface area contributed by atoms with Gasteiger partial charge in [0.25, 0.3) is 0 Å². The third-order valence-corrected chi connectivity index (χ3v) is 0. The van der Waals surface area contributed by atoms with Gasteiger partial charge in [-0.25, -0.2) is 0 Å². The van der Waals surface area contributed by atoms with E-state index in [1.54, 1.807) is 0 Å². The first-order valence-electron chi connectivity index (χ1n) is 0.813. The molecule has 0 aromatic heterocycles. The largest absolute Gasteiger partial charge is 0.316 e. The molecule has 0 saturated carbocycles. The van der Waals surface area contributed by atoms with E-state index in [0.717, 1.165) is 6.19 Å². The molecule has 0 radical (unpaired) electrons. The van der Waals surface area contributed by atoms with Gasteiger partial charge in [0.1, 0.15) is 0 Å². The van der Waals surface area contributed by atoms with Crippen molar-refractivity contribution in [1.82, 2.24) is 0 Å². The molecule has 0 rings (SSSR count). The summed E-state index contributed by atoms with van der Waals surface area (Å²) in [7, 11) is 1.44. The molecule has 0 unspecified atom stereocenters. The maximum Gasteiger partial charge on any atom is 0.182 e. The van der Waals surface area contributed by atoms with Gasteiger partial charge in [-0.3, -0.25) is 0 Å². The molecule has 0 aliphatic heterocycles. The molecule has 0 amide bonds. The molecule has 0 aromatic carbocycles. The van der Waals surface area contributed by atoms with Crippen LogP contribution in [-0.4, -0.2) is 14.0 Å². The first-order chi connectivity index (χ1) is 1.41. The molecule has 26 valence electrons. The van der Waals surface area contributed by atoms with Crippen molar-refractivity contribution in [1.29, 1.82) is 0 Å². The monoisotopic (exact) mass is 100.0 g/mol. The fourth-order valence-electron chi connectivity index (χ4n) is 0. The summed E-state index contributed by atoms with van der Waals surface area (Å²) in [4.78, 5) is 8.81. The summed E-state index contributed by atoms with van der Waals surface area (Å²) >= 11 is 0. The molecule has 1 nitrogen and oxygen atoms in total. The van der Waals surface area contributed by atoms with E-state index in [0.29, 0.717) is 0 Å². The minimum Gasteiger partial charge on any atom is -0.316 e. The molecular weight excluding hydrogens is 97.5 g/mol. The van der Waals surface area contributed by atoms with Crippen LogP contribution in [0, 0.1) is 0 Å². The molecule has 0 atom stereocenters. The Labute approximate surface area is 36.1 Å². The molecule has 0 N–H and O–H groups in total. The van der Waals surface area contributed by atoms with E-state index >= 15 is 0 Å². The van der Waals surface area contributed by atoms with Crippen molar-refractivity contribution in [3.63, 3.8) is 0 Å². The van der Waals surface area contributed by atoms with Crippen LogP contribution in [0.1, 0.15) is 0 Å². The summed E-state index contributed by atoms with van der Waals surface area (Å²) in [5, 5.41) is 0. The molecule has 0 saturated heterocycles. The van der Waals surface area contributed by atoms with E-state index in [2.05, 4.69) is 0 Å². The van der Waals surface area contributed by atoms with Crippen molar-refractivity contribution in [3.8, 4) is 0 Å². The predicted molar refractivity (Wildman–Crippen MR) is 15.3 cm³/mol. The molecular formula is CH3BNiO. The van der Waals surface area contributed by atoms with Crippen LogP contribution in [-0.2, 0) is 21.3 Å². The van der Waals surface area contributed by atoms with Gasteiger partial charge in [-0.15, -0.1) is 0 Å². The minimum atomic E-state index is 0. The fourth-order valence-corrected chi connectivity index (χ4v) is 0. The average molecular weight is 101 g/mol. The number of hydrogen-bond donors (Lipinski definition) is 0. The molecule has 0 spiro atoms. The van der Waals surface area contributed by atoms with Gasteiger partial charge >= 0.3 is 0 Å². The van der Waals surface area contributed by atoms with Crippen LogP contribution in [0.25, 0.3) is 0 Å². The second kappa shape index (κ2) is 10.6. The maximum absolute atomic E-state index is 8.81. The van der Waals surface area contributed by atoms with E-state index in [-0.39, 0.29) is 16.5 Å². The van der Waals surface area contributed by atoms with Gasteiger partial charge in [-0.2, -0.15) is 0 Å². The van der Waals surface area contributed by atoms with Gasteiger partial charge in [0.15, 0.2) is 7.85 Å². The van der Waals surface area contributed by atoms with Crippen molar-refractivity contribution in [3.05, 3.63) is 0 Å². The van der Waals surface area contributed by atoms with Crippen molar-refractivity contribution in [2.45, 2.75) is 0 Å². The van der Waals surface area contributed by atoms with Crippen LogP contribution < -0.4 is 0 Å². The zero-order valence-electron chi connectivity index (χ0n) is 2.30. The first kappa shape index (κ1) is 8.87. The number of hydrogen-bond acceptors (Lipinski definition) is 1. The second-order valence-corrected chi connectivity index (χ2v) is 0.236. The van der Waals surface area contributed by atoms with Crippen LogP contribution in [0.3, 0.4) is 0 Å². The Morgan fingerprint density at radius 1 is 1.75 bits per heavy atom. The Hall–Kier alpha value is 0.228. The smallest absolute Gasteiger partial charge is 0.182 e. The van der Waals surface area contributed by atoms with E-state index in [9.17, 15) is 0 Å². The Morgan fingerprint density at radius 3 is 1.75 bits per heavy atom. The van der Waals surface area contributed by atoms with E-state index in [4.69, 9.17) is 4.79 Å². The topological polar surface area (TPSA) is 17.1 Å². The van der Waals surface area contributed by atoms with E-state index in [1.807, 2.05) is 0 Å². The van der Waals surface area contributed by atoms with Gasteiger partial charge < -0.3 is 4.79 Å². The average Bonchev–Trinajstić information content (AvgIpc) is 0.918. The van der Waals surface area contributed by atoms with E-state index in [1.165, 1.54) is 7.85 Å². The zero-order chi connectivity index (χ0) is 2.71. The molecule has 0 bridgehead atoms. The molecule has 0 aliphatic carbocycles. The molecule has 3 heteroatoms. The standard InChI is InChI=1S/CH3BO.Ni/c2-1-3;/h1H,2H2;. The Morgan fingerprint density at radius 2 is 1.75 bits per heavy atom. The zero-order valence-corrected chi connectivity index (χ0v) is 3.29. The van der Waals surface area contributed by atoms with Gasteiger partial charge in [0.05, 0.1) is 6.19 Å². The Bertz CT molecular complexity index is 15.5. The summed E-state index contributed by atoms with van der Waals surface area (Å²) in [6, 6.07) is 0. The van der Waals surface area contributed by atoms with Crippen molar-refractivity contribution < 1.29 is 21.3 Å². The van der Waals surface area contributed by atoms with Crippen molar-refractivity contribution in [2.24, 2.45) is 0 Å². The Kier molecular flexibility index (Phi) is 23.6.